The second-order valence-electron chi connectivity index (χ2n) is 14.1. The van der Waals surface area contributed by atoms with Crippen molar-refractivity contribution in [3.8, 4) is 5.75 Å². The van der Waals surface area contributed by atoms with Gasteiger partial charge in [0.1, 0.15) is 5.75 Å². The van der Waals surface area contributed by atoms with Gasteiger partial charge in [0.15, 0.2) is 10.9 Å². The number of halogens is 1. The number of esters is 1. The molecule has 0 saturated heterocycles. The quantitative estimate of drug-likeness (QED) is 0.134. The van der Waals surface area contributed by atoms with Crippen molar-refractivity contribution >= 4 is 40.8 Å². The Balaban J connectivity index is 1.10. The number of hydrogen-bond acceptors (Lipinski definition) is 8. The Labute approximate surface area is 292 Å². The third-order valence-electron chi connectivity index (χ3n) is 11.3. The summed E-state index contributed by atoms with van der Waals surface area (Å²) in [6.07, 6.45) is 16.0. The third-order valence-corrected chi connectivity index (χ3v) is 12.9. The van der Waals surface area contributed by atoms with Crippen molar-refractivity contribution in [2.45, 2.75) is 74.1 Å². The van der Waals surface area contributed by atoms with E-state index in [1.807, 2.05) is 30.3 Å². The fourth-order valence-corrected chi connectivity index (χ4v) is 9.83. The number of aromatic nitrogens is 2. The van der Waals surface area contributed by atoms with E-state index in [-0.39, 0.29) is 29.0 Å². The van der Waals surface area contributed by atoms with Gasteiger partial charge in [-0.15, -0.1) is 0 Å². The molecule has 0 radical (unpaired) electrons. The van der Waals surface area contributed by atoms with Crippen LogP contribution in [0.15, 0.2) is 72.2 Å². The molecule has 1 spiro atoms. The summed E-state index contributed by atoms with van der Waals surface area (Å²) in [5.41, 5.74) is 3.76. The number of rotatable bonds is 8. The molecule has 0 unspecified atom stereocenters. The second kappa shape index (κ2) is 14.2. The number of anilines is 1. The Morgan fingerprint density at radius 3 is 2.75 bits per heavy atom. The number of nitrogens with zero attached hydrogens (tertiary/aromatic N) is 3. The maximum Gasteiger partial charge on any atom is 0.337 e. The van der Waals surface area contributed by atoms with Gasteiger partial charge in [0.25, 0.3) is 0 Å². The number of benzene rings is 2. The van der Waals surface area contributed by atoms with Crippen LogP contribution in [0.5, 0.6) is 5.75 Å². The number of allylic oxidation sites excluding steroid dienone is 2. The smallest absolute Gasteiger partial charge is 0.337 e. The molecular formula is C39H44ClN3O4S. The molecule has 0 N–H and O–H groups in total. The Kier molecular flexibility index (Phi) is 9.84. The zero-order valence-electron chi connectivity index (χ0n) is 27.8. The number of carbonyl (C=O) groups is 2. The Bertz CT molecular complexity index is 1680. The summed E-state index contributed by atoms with van der Waals surface area (Å²) in [6.45, 7) is 4.33. The summed E-state index contributed by atoms with van der Waals surface area (Å²) < 4.78 is 11.7. The molecule has 2 aromatic carbocycles. The fraction of sp³-hybridized carbons (Fsp3) is 0.487. The number of thioether (sulfide) groups is 1. The van der Waals surface area contributed by atoms with Gasteiger partial charge in [-0.05, 0) is 116 Å². The van der Waals surface area contributed by atoms with Crippen molar-refractivity contribution in [2.75, 3.05) is 31.7 Å². The highest BCUT2D eigenvalue weighted by Gasteiger charge is 2.44. The van der Waals surface area contributed by atoms with E-state index in [1.54, 1.807) is 30.2 Å². The number of hydrogen-bond donors (Lipinski definition) is 0. The molecule has 2 heterocycles. The van der Waals surface area contributed by atoms with Gasteiger partial charge in [0, 0.05) is 47.1 Å². The van der Waals surface area contributed by atoms with Crippen LogP contribution in [0.25, 0.3) is 0 Å². The highest BCUT2D eigenvalue weighted by atomic mass is 35.5. The van der Waals surface area contributed by atoms with Gasteiger partial charge in [-0.3, -0.25) is 4.79 Å². The topological polar surface area (TPSA) is 81.6 Å². The van der Waals surface area contributed by atoms with E-state index in [0.717, 1.165) is 86.1 Å². The van der Waals surface area contributed by atoms with E-state index in [0.29, 0.717) is 29.3 Å². The first-order valence-electron chi connectivity index (χ1n) is 17.4. The van der Waals surface area contributed by atoms with Gasteiger partial charge in [0.05, 0.1) is 25.0 Å². The minimum absolute atomic E-state index is 0.00662. The minimum atomic E-state index is -0.370. The summed E-state index contributed by atoms with van der Waals surface area (Å²) in [7, 11) is 1.41. The fourth-order valence-electron chi connectivity index (χ4n) is 8.42. The number of ketones is 1. The maximum atomic E-state index is 13.8. The molecule has 2 fully saturated rings. The van der Waals surface area contributed by atoms with Crippen LogP contribution in [0.3, 0.4) is 0 Å². The molecule has 252 valence electrons. The summed E-state index contributed by atoms with van der Waals surface area (Å²) in [6, 6.07) is 13.7. The lowest BCUT2D eigenvalue weighted by atomic mass is 9.68. The normalized spacial score (nSPS) is 28.1. The van der Waals surface area contributed by atoms with E-state index in [4.69, 9.17) is 21.1 Å². The Hall–Kier alpha value is -3.36. The first kappa shape index (κ1) is 33.2. The van der Waals surface area contributed by atoms with Crippen molar-refractivity contribution in [1.29, 1.82) is 0 Å². The molecular weight excluding hydrogens is 642 g/mol. The predicted molar refractivity (Wildman–Crippen MR) is 190 cm³/mol. The van der Waals surface area contributed by atoms with Gasteiger partial charge >= 0.3 is 5.97 Å². The molecule has 0 bridgehead atoms. The average molecular weight is 686 g/mol. The van der Waals surface area contributed by atoms with Crippen molar-refractivity contribution in [3.05, 3.63) is 88.7 Å². The van der Waals surface area contributed by atoms with Crippen LogP contribution in [0, 0.1) is 23.7 Å². The van der Waals surface area contributed by atoms with Crippen LogP contribution in [-0.2, 0) is 21.4 Å². The molecule has 9 heteroatoms. The lowest BCUT2D eigenvalue weighted by Crippen LogP contribution is -2.49. The third kappa shape index (κ3) is 6.75. The van der Waals surface area contributed by atoms with Crippen molar-refractivity contribution in [3.63, 3.8) is 0 Å². The van der Waals surface area contributed by atoms with Crippen molar-refractivity contribution in [1.82, 2.24) is 9.97 Å². The molecule has 2 saturated carbocycles. The monoisotopic (exact) mass is 685 g/mol. The van der Waals surface area contributed by atoms with E-state index in [2.05, 4.69) is 40.0 Å². The van der Waals surface area contributed by atoms with Crippen LogP contribution in [-0.4, -0.2) is 53.8 Å². The number of carbonyl (C=O) groups excluding carboxylic acids is 2. The standard InChI is InChI=1S/C39H44ClN3O4S/c1-25-26(6-3-8-36(25)48-38-41-18-5-19-42-38)10-15-34(44)31-13-9-29(31)22-43-23-39(17-4-7-27-20-30(40)12-14-32(27)39)24-47-35-16-11-28(21-33(35)43)37(45)46-2/h5,10-12,14-16,18-21,25-26,29,31,36H,3-4,6-9,13,17,22-24H2,1-2H3/b15-10+/t25-,26-,29+,31-,36+,39+/m1/s1. The van der Waals surface area contributed by atoms with Crippen LogP contribution in [0.4, 0.5) is 5.69 Å². The van der Waals surface area contributed by atoms with Gasteiger partial charge < -0.3 is 14.4 Å². The van der Waals surface area contributed by atoms with Crippen molar-refractivity contribution in [2.24, 2.45) is 23.7 Å². The number of methoxy groups -OCH3 is 1. The first-order valence-corrected chi connectivity index (χ1v) is 18.6. The lowest BCUT2D eigenvalue weighted by Gasteiger charge is -2.44. The molecule has 48 heavy (non-hydrogen) atoms. The van der Waals surface area contributed by atoms with E-state index >= 15 is 0 Å². The molecule has 3 aliphatic carbocycles. The average Bonchev–Trinajstić information content (AvgIpc) is 3.23. The number of fused-ring (bicyclic) bond motifs is 3. The first-order chi connectivity index (χ1) is 23.3. The second-order valence-corrected chi connectivity index (χ2v) is 15.8. The summed E-state index contributed by atoms with van der Waals surface area (Å²) in [5.74, 6) is 1.66. The predicted octanol–water partition coefficient (Wildman–Crippen LogP) is 8.14. The van der Waals surface area contributed by atoms with Crippen LogP contribution < -0.4 is 9.64 Å². The zero-order chi connectivity index (χ0) is 33.3. The Morgan fingerprint density at radius 2 is 1.96 bits per heavy atom. The summed E-state index contributed by atoms with van der Waals surface area (Å²) in [4.78, 5) is 37.6. The van der Waals surface area contributed by atoms with Gasteiger partial charge in [-0.2, -0.15) is 0 Å². The van der Waals surface area contributed by atoms with Gasteiger partial charge in [0.2, 0.25) is 0 Å². The van der Waals surface area contributed by atoms with Gasteiger partial charge in [-0.1, -0.05) is 48.8 Å². The molecule has 1 aromatic heterocycles. The summed E-state index contributed by atoms with van der Waals surface area (Å²) in [5, 5.41) is 2.03. The van der Waals surface area contributed by atoms with Gasteiger partial charge in [-0.25, -0.2) is 14.8 Å². The van der Waals surface area contributed by atoms with E-state index in [9.17, 15) is 9.59 Å². The van der Waals surface area contributed by atoms with Crippen molar-refractivity contribution < 1.29 is 19.1 Å². The van der Waals surface area contributed by atoms with E-state index in [1.165, 1.54) is 18.2 Å². The molecule has 4 aliphatic rings. The zero-order valence-corrected chi connectivity index (χ0v) is 29.3. The Morgan fingerprint density at radius 1 is 1.10 bits per heavy atom. The number of aryl methyl sites for hydroxylation is 1. The molecule has 1 aliphatic heterocycles. The highest BCUT2D eigenvalue weighted by Crippen LogP contribution is 2.47. The molecule has 7 nitrogen and oxygen atoms in total. The van der Waals surface area contributed by atoms with Crippen LogP contribution in [0.2, 0.25) is 5.02 Å². The van der Waals surface area contributed by atoms with Crippen LogP contribution >= 0.6 is 23.4 Å². The largest absolute Gasteiger partial charge is 0.490 e. The molecule has 0 amide bonds. The summed E-state index contributed by atoms with van der Waals surface area (Å²) >= 11 is 8.20. The van der Waals surface area contributed by atoms with E-state index < -0.39 is 0 Å². The number of ether oxygens (including phenoxy) is 2. The molecule has 6 atom stereocenters. The molecule has 3 aromatic rings. The minimum Gasteiger partial charge on any atom is -0.490 e. The maximum absolute atomic E-state index is 13.8. The van der Waals surface area contributed by atoms with Crippen LogP contribution in [0.1, 0.15) is 73.4 Å². The lowest BCUT2D eigenvalue weighted by molar-refractivity contribution is -0.122. The molecule has 7 rings (SSSR count). The SMILES string of the molecule is COC(=O)c1ccc2c(c1)N(C[C@@H]1CC[C@H]1C(=O)/C=C/[C@H]1CCC[C@H](Sc3ncccn3)[C@@H]1C)C[C@@]1(CCCc3cc(Cl)ccc31)CO2. The highest BCUT2D eigenvalue weighted by molar-refractivity contribution is 7.99.